The first-order valence-electron chi connectivity index (χ1n) is 11.8. The van der Waals surface area contributed by atoms with Gasteiger partial charge in [0.1, 0.15) is 24.3 Å². The van der Waals surface area contributed by atoms with Crippen LogP contribution in [0.25, 0.3) is 23.5 Å². The average Bonchev–Trinajstić information content (AvgIpc) is 3.60. The lowest BCUT2D eigenvalue weighted by atomic mass is 10.1. The van der Waals surface area contributed by atoms with Gasteiger partial charge in [-0.2, -0.15) is 13.2 Å². The van der Waals surface area contributed by atoms with Crippen molar-refractivity contribution in [3.05, 3.63) is 120 Å². The minimum Gasteiger partial charge on any atom is -0.487 e. The number of halogens is 3. The molecule has 0 saturated carbocycles. The third kappa shape index (κ3) is 6.36. The number of nitrogens with zero attached hydrogens (tertiary/aromatic N) is 3. The van der Waals surface area contributed by atoms with Gasteiger partial charge in [0.05, 0.1) is 11.3 Å². The predicted molar refractivity (Wildman–Crippen MR) is 135 cm³/mol. The predicted octanol–water partition coefficient (Wildman–Crippen LogP) is 7.28. The Bertz CT molecular complexity index is 1490. The molecule has 0 fully saturated rings. The Kier molecular flexibility index (Phi) is 7.35. The first kappa shape index (κ1) is 25.0. The van der Waals surface area contributed by atoms with Crippen molar-refractivity contribution in [3.8, 4) is 17.1 Å². The summed E-state index contributed by atoms with van der Waals surface area (Å²) in [5.74, 6) is 1.76. The van der Waals surface area contributed by atoms with Gasteiger partial charge in [-0.15, -0.1) is 0 Å². The zero-order chi connectivity index (χ0) is 26.4. The van der Waals surface area contributed by atoms with Crippen LogP contribution in [0, 0.1) is 0 Å². The van der Waals surface area contributed by atoms with Crippen molar-refractivity contribution in [3.63, 3.8) is 0 Å². The van der Waals surface area contributed by atoms with Gasteiger partial charge in [0, 0.05) is 24.0 Å². The van der Waals surface area contributed by atoms with Crippen LogP contribution in [0.4, 0.5) is 13.2 Å². The summed E-state index contributed by atoms with van der Waals surface area (Å²) < 4.78 is 54.8. The molecule has 0 atom stereocenters. The molecule has 0 N–H and O–H groups in total. The molecule has 9 heteroatoms. The van der Waals surface area contributed by atoms with Crippen molar-refractivity contribution in [2.75, 3.05) is 0 Å². The van der Waals surface area contributed by atoms with E-state index in [4.69, 9.17) is 13.6 Å². The quantitative estimate of drug-likeness (QED) is 0.205. The van der Waals surface area contributed by atoms with Crippen LogP contribution in [-0.2, 0) is 25.6 Å². The van der Waals surface area contributed by atoms with Gasteiger partial charge >= 0.3 is 6.18 Å². The fourth-order valence-corrected chi connectivity index (χ4v) is 3.77. The van der Waals surface area contributed by atoms with Crippen molar-refractivity contribution < 1.29 is 26.7 Å². The molecule has 5 rings (SSSR count). The lowest BCUT2D eigenvalue weighted by Crippen LogP contribution is -2.03. The number of hydrogen-bond acceptors (Lipinski definition) is 6. The standard InChI is InChI=1S/C29H22F3N3O3/c30-29(31,32)23-9-3-20(4-10-23)8-14-27-35-24(18-37-27)17-36-25-11-5-21(6-12-25)7-13-26-28(38-19-34-26)22-2-1-15-33-16-22/h1-6,8-12,14-16,18-19H,7,13,17H2/b14-8+. The molecule has 192 valence electrons. The van der Waals surface area contributed by atoms with Crippen LogP contribution in [0.5, 0.6) is 5.75 Å². The van der Waals surface area contributed by atoms with Gasteiger partial charge in [-0.25, -0.2) is 9.97 Å². The van der Waals surface area contributed by atoms with Crippen molar-refractivity contribution in [1.29, 1.82) is 0 Å². The highest BCUT2D eigenvalue weighted by molar-refractivity contribution is 5.66. The van der Waals surface area contributed by atoms with Crippen LogP contribution in [0.2, 0.25) is 0 Å². The third-order valence-electron chi connectivity index (χ3n) is 5.75. The molecule has 0 spiro atoms. The summed E-state index contributed by atoms with van der Waals surface area (Å²) in [4.78, 5) is 12.8. The van der Waals surface area contributed by atoms with Crippen molar-refractivity contribution in [2.24, 2.45) is 0 Å². The molecule has 0 amide bonds. The van der Waals surface area contributed by atoms with Gasteiger partial charge in [0.25, 0.3) is 0 Å². The van der Waals surface area contributed by atoms with Crippen LogP contribution in [-0.4, -0.2) is 15.0 Å². The molecule has 0 aliphatic carbocycles. The maximum absolute atomic E-state index is 12.7. The fraction of sp³-hybridized carbons (Fsp3) is 0.138. The molecule has 0 unspecified atom stereocenters. The minimum absolute atomic E-state index is 0.213. The van der Waals surface area contributed by atoms with Crippen LogP contribution in [0.15, 0.2) is 94.5 Å². The lowest BCUT2D eigenvalue weighted by molar-refractivity contribution is -0.137. The molecule has 6 nitrogen and oxygen atoms in total. The largest absolute Gasteiger partial charge is 0.487 e. The Morgan fingerprint density at radius 3 is 2.45 bits per heavy atom. The molecule has 0 bridgehead atoms. The van der Waals surface area contributed by atoms with E-state index in [1.807, 2.05) is 36.4 Å². The SMILES string of the molecule is FC(F)(F)c1ccc(/C=C/c2nc(COc3ccc(CCc4ncoc4-c4cccnc4)cc3)co2)cc1. The van der Waals surface area contributed by atoms with Crippen LogP contribution < -0.4 is 4.74 Å². The van der Waals surface area contributed by atoms with Crippen molar-refractivity contribution in [2.45, 2.75) is 25.6 Å². The minimum atomic E-state index is -4.36. The Morgan fingerprint density at radius 2 is 1.71 bits per heavy atom. The third-order valence-corrected chi connectivity index (χ3v) is 5.75. The molecular formula is C29H22F3N3O3. The van der Waals surface area contributed by atoms with E-state index in [-0.39, 0.29) is 6.61 Å². The van der Waals surface area contributed by atoms with E-state index in [0.29, 0.717) is 22.9 Å². The van der Waals surface area contributed by atoms with Gasteiger partial charge < -0.3 is 13.6 Å². The number of alkyl halides is 3. The van der Waals surface area contributed by atoms with Gasteiger partial charge in [0.15, 0.2) is 12.2 Å². The smallest absolute Gasteiger partial charge is 0.416 e. The highest BCUT2D eigenvalue weighted by atomic mass is 19.4. The monoisotopic (exact) mass is 517 g/mol. The van der Waals surface area contributed by atoms with Crippen LogP contribution in [0.1, 0.15) is 34.0 Å². The summed E-state index contributed by atoms with van der Waals surface area (Å²) in [6.45, 7) is 0.213. The zero-order valence-corrected chi connectivity index (χ0v) is 20.1. The van der Waals surface area contributed by atoms with Gasteiger partial charge in [-0.1, -0.05) is 24.3 Å². The highest BCUT2D eigenvalue weighted by Gasteiger charge is 2.29. The summed E-state index contributed by atoms with van der Waals surface area (Å²) in [5.41, 5.74) is 3.42. The van der Waals surface area contributed by atoms with E-state index in [1.165, 1.54) is 24.8 Å². The highest BCUT2D eigenvalue weighted by Crippen LogP contribution is 2.29. The number of rotatable bonds is 9. The number of aryl methyl sites for hydroxylation is 2. The molecule has 38 heavy (non-hydrogen) atoms. The van der Waals surface area contributed by atoms with Crippen LogP contribution in [0.3, 0.4) is 0 Å². The number of oxazole rings is 2. The van der Waals surface area contributed by atoms with E-state index in [0.717, 1.165) is 47.6 Å². The van der Waals surface area contributed by atoms with E-state index in [1.54, 1.807) is 24.5 Å². The molecule has 5 aromatic rings. The Hall–Kier alpha value is -4.66. The summed E-state index contributed by atoms with van der Waals surface area (Å²) in [7, 11) is 0. The molecule has 3 heterocycles. The summed E-state index contributed by atoms with van der Waals surface area (Å²) >= 11 is 0. The number of ether oxygens (including phenoxy) is 1. The molecule has 0 radical (unpaired) electrons. The topological polar surface area (TPSA) is 74.2 Å². The first-order chi connectivity index (χ1) is 18.4. The van der Waals surface area contributed by atoms with Crippen molar-refractivity contribution >= 4 is 12.2 Å². The second kappa shape index (κ2) is 11.2. The Morgan fingerprint density at radius 1 is 0.895 bits per heavy atom. The molecular weight excluding hydrogens is 495 g/mol. The average molecular weight is 518 g/mol. The normalized spacial score (nSPS) is 11.8. The van der Waals surface area contributed by atoms with E-state index >= 15 is 0 Å². The molecule has 0 aliphatic rings. The van der Waals surface area contributed by atoms with E-state index < -0.39 is 11.7 Å². The Labute approximate surface area is 216 Å². The van der Waals surface area contributed by atoms with Gasteiger partial charge in [-0.05, 0) is 66.4 Å². The molecule has 0 saturated heterocycles. The van der Waals surface area contributed by atoms with Crippen molar-refractivity contribution in [1.82, 2.24) is 15.0 Å². The number of benzene rings is 2. The number of hydrogen-bond donors (Lipinski definition) is 0. The maximum atomic E-state index is 12.7. The Balaban J connectivity index is 1.11. The summed E-state index contributed by atoms with van der Waals surface area (Å²) in [6, 6.07) is 16.4. The van der Waals surface area contributed by atoms with Crippen LogP contribution >= 0.6 is 0 Å². The fourth-order valence-electron chi connectivity index (χ4n) is 3.77. The second-order valence-electron chi connectivity index (χ2n) is 8.43. The van der Waals surface area contributed by atoms with Gasteiger partial charge in [0.2, 0.25) is 5.89 Å². The maximum Gasteiger partial charge on any atom is 0.416 e. The molecule has 3 aromatic heterocycles. The van der Waals surface area contributed by atoms with Gasteiger partial charge in [-0.3, -0.25) is 4.98 Å². The second-order valence-corrected chi connectivity index (χ2v) is 8.43. The van der Waals surface area contributed by atoms with E-state index in [2.05, 4.69) is 15.0 Å². The summed E-state index contributed by atoms with van der Waals surface area (Å²) in [6.07, 6.45) is 6.79. The lowest BCUT2D eigenvalue weighted by Gasteiger charge is -2.06. The summed E-state index contributed by atoms with van der Waals surface area (Å²) in [5, 5.41) is 0. The molecule has 0 aliphatic heterocycles. The molecule has 2 aromatic carbocycles. The zero-order valence-electron chi connectivity index (χ0n) is 20.1. The first-order valence-corrected chi connectivity index (χ1v) is 11.8. The number of aromatic nitrogens is 3. The number of pyridine rings is 1. The van der Waals surface area contributed by atoms with E-state index in [9.17, 15) is 13.2 Å².